The first-order chi connectivity index (χ1) is 4.33. The minimum atomic E-state index is 0.731. The van der Waals surface area contributed by atoms with Crippen LogP contribution >= 0.6 is 15.9 Å². The first-order valence-corrected chi connectivity index (χ1v) is 5.01. The number of alkyl halides is 1. The molecule has 9 heavy (non-hydrogen) atoms. The fourth-order valence-electron chi connectivity index (χ4n) is 1.66. The predicted molar refractivity (Wildman–Crippen MR) is 45.0 cm³/mol. The molecule has 1 fully saturated rings. The van der Waals surface area contributed by atoms with Gasteiger partial charge in [0.15, 0.2) is 0 Å². The van der Waals surface area contributed by atoms with Gasteiger partial charge in [-0.1, -0.05) is 35.7 Å². The third-order valence-electron chi connectivity index (χ3n) is 2.48. The number of rotatable bonds is 3. The Morgan fingerprint density at radius 3 is 2.22 bits per heavy atom. The van der Waals surface area contributed by atoms with Gasteiger partial charge in [-0.05, 0) is 24.7 Å². The molecule has 0 nitrogen and oxygen atoms in total. The second kappa shape index (κ2) is 3.05. The third kappa shape index (κ3) is 1.49. The average molecular weight is 191 g/mol. The van der Waals surface area contributed by atoms with Crippen LogP contribution in [0.15, 0.2) is 0 Å². The number of hydrogen-bond donors (Lipinski definition) is 0. The van der Waals surface area contributed by atoms with Gasteiger partial charge in [0.25, 0.3) is 0 Å². The SMILES string of the molecule is CCCC1(CBr)CCC1. The van der Waals surface area contributed by atoms with E-state index in [0.717, 1.165) is 5.41 Å². The van der Waals surface area contributed by atoms with E-state index in [9.17, 15) is 0 Å². The van der Waals surface area contributed by atoms with Crippen molar-refractivity contribution in [3.05, 3.63) is 0 Å². The van der Waals surface area contributed by atoms with E-state index >= 15 is 0 Å². The Hall–Kier alpha value is 0.480. The molecule has 0 unspecified atom stereocenters. The van der Waals surface area contributed by atoms with E-state index < -0.39 is 0 Å². The summed E-state index contributed by atoms with van der Waals surface area (Å²) in [7, 11) is 0. The summed E-state index contributed by atoms with van der Waals surface area (Å²) in [6, 6.07) is 0. The first-order valence-electron chi connectivity index (χ1n) is 3.89. The minimum absolute atomic E-state index is 0.731. The maximum absolute atomic E-state index is 3.58. The largest absolute Gasteiger partial charge is 0.0922 e. The highest BCUT2D eigenvalue weighted by atomic mass is 79.9. The Balaban J connectivity index is 2.28. The molecule has 0 bridgehead atoms. The van der Waals surface area contributed by atoms with Crippen LogP contribution < -0.4 is 0 Å². The average Bonchev–Trinajstić information content (AvgIpc) is 1.79. The molecule has 1 heteroatoms. The lowest BCUT2D eigenvalue weighted by atomic mass is 9.68. The van der Waals surface area contributed by atoms with Gasteiger partial charge in [0.2, 0.25) is 0 Å². The van der Waals surface area contributed by atoms with E-state index in [1.54, 1.807) is 0 Å². The van der Waals surface area contributed by atoms with Crippen molar-refractivity contribution in [3.8, 4) is 0 Å². The number of halogens is 1. The highest BCUT2D eigenvalue weighted by Gasteiger charge is 2.34. The predicted octanol–water partition coefficient (Wildman–Crippen LogP) is 3.35. The molecule has 54 valence electrons. The van der Waals surface area contributed by atoms with Gasteiger partial charge < -0.3 is 0 Å². The van der Waals surface area contributed by atoms with Gasteiger partial charge in [0, 0.05) is 5.33 Å². The van der Waals surface area contributed by atoms with Gasteiger partial charge in [-0.15, -0.1) is 0 Å². The quantitative estimate of drug-likeness (QED) is 0.600. The second-order valence-electron chi connectivity index (χ2n) is 3.24. The van der Waals surface area contributed by atoms with Gasteiger partial charge in [0.05, 0.1) is 0 Å². The molecule has 0 aliphatic heterocycles. The van der Waals surface area contributed by atoms with Crippen LogP contribution in [-0.2, 0) is 0 Å². The first kappa shape index (κ1) is 7.59. The summed E-state index contributed by atoms with van der Waals surface area (Å²) in [5.41, 5.74) is 0.731. The molecule has 0 aromatic heterocycles. The van der Waals surface area contributed by atoms with Crippen LogP contribution in [0, 0.1) is 5.41 Å². The van der Waals surface area contributed by atoms with Crippen molar-refractivity contribution in [1.29, 1.82) is 0 Å². The van der Waals surface area contributed by atoms with Crippen molar-refractivity contribution in [2.45, 2.75) is 39.0 Å². The Morgan fingerprint density at radius 2 is 2.11 bits per heavy atom. The summed E-state index contributed by atoms with van der Waals surface area (Å²) in [5, 5.41) is 1.23. The molecular formula is C8H15Br. The summed E-state index contributed by atoms with van der Waals surface area (Å²) < 4.78 is 0. The Morgan fingerprint density at radius 1 is 1.44 bits per heavy atom. The third-order valence-corrected chi connectivity index (χ3v) is 3.67. The molecule has 0 aromatic carbocycles. The molecule has 0 N–H and O–H groups in total. The van der Waals surface area contributed by atoms with E-state index in [1.807, 2.05) is 0 Å². The smallest absolute Gasteiger partial charge is 0.00879 e. The highest BCUT2D eigenvalue weighted by molar-refractivity contribution is 9.09. The molecule has 1 rings (SSSR count). The van der Waals surface area contributed by atoms with Gasteiger partial charge in [-0.3, -0.25) is 0 Å². The molecule has 0 saturated heterocycles. The van der Waals surface area contributed by atoms with E-state index in [1.165, 1.54) is 37.4 Å². The molecule has 0 heterocycles. The monoisotopic (exact) mass is 190 g/mol. The minimum Gasteiger partial charge on any atom is -0.0922 e. The molecule has 1 aliphatic carbocycles. The Labute approximate surface area is 66.2 Å². The number of hydrogen-bond acceptors (Lipinski definition) is 0. The molecule has 1 saturated carbocycles. The van der Waals surface area contributed by atoms with Crippen LogP contribution in [0.25, 0.3) is 0 Å². The summed E-state index contributed by atoms with van der Waals surface area (Å²) in [6.07, 6.45) is 7.17. The van der Waals surface area contributed by atoms with Gasteiger partial charge in [-0.2, -0.15) is 0 Å². The maximum Gasteiger partial charge on any atom is 0.00879 e. The van der Waals surface area contributed by atoms with Crippen molar-refractivity contribution >= 4 is 15.9 Å². The van der Waals surface area contributed by atoms with Crippen LogP contribution in [0.1, 0.15) is 39.0 Å². The Bertz CT molecular complexity index is 79.1. The van der Waals surface area contributed by atoms with Gasteiger partial charge in [0.1, 0.15) is 0 Å². The topological polar surface area (TPSA) is 0 Å². The van der Waals surface area contributed by atoms with Crippen molar-refractivity contribution < 1.29 is 0 Å². The summed E-state index contributed by atoms with van der Waals surface area (Å²) in [6.45, 7) is 2.28. The second-order valence-corrected chi connectivity index (χ2v) is 3.80. The summed E-state index contributed by atoms with van der Waals surface area (Å²) in [4.78, 5) is 0. The molecule has 0 amide bonds. The molecule has 0 spiro atoms. The summed E-state index contributed by atoms with van der Waals surface area (Å²) >= 11 is 3.58. The molecule has 0 radical (unpaired) electrons. The van der Waals surface area contributed by atoms with Crippen LogP contribution in [0.2, 0.25) is 0 Å². The van der Waals surface area contributed by atoms with Crippen LogP contribution in [-0.4, -0.2) is 5.33 Å². The summed E-state index contributed by atoms with van der Waals surface area (Å²) in [5.74, 6) is 0. The lowest BCUT2D eigenvalue weighted by Crippen LogP contribution is -2.30. The highest BCUT2D eigenvalue weighted by Crippen LogP contribution is 2.45. The van der Waals surface area contributed by atoms with E-state index in [4.69, 9.17) is 0 Å². The standard InChI is InChI=1S/C8H15Br/c1-2-4-8(7-9)5-3-6-8/h2-7H2,1H3. The van der Waals surface area contributed by atoms with Gasteiger partial charge in [-0.25, -0.2) is 0 Å². The molecular weight excluding hydrogens is 176 g/mol. The zero-order valence-electron chi connectivity index (χ0n) is 6.12. The van der Waals surface area contributed by atoms with Crippen LogP contribution in [0.4, 0.5) is 0 Å². The van der Waals surface area contributed by atoms with Crippen LogP contribution in [0.3, 0.4) is 0 Å². The van der Waals surface area contributed by atoms with Crippen LogP contribution in [0.5, 0.6) is 0 Å². The molecule has 0 atom stereocenters. The van der Waals surface area contributed by atoms with E-state index in [-0.39, 0.29) is 0 Å². The lowest BCUT2D eigenvalue weighted by molar-refractivity contribution is 0.153. The fourth-order valence-corrected chi connectivity index (χ4v) is 2.50. The van der Waals surface area contributed by atoms with E-state index in [2.05, 4.69) is 22.9 Å². The van der Waals surface area contributed by atoms with E-state index in [0.29, 0.717) is 0 Å². The maximum atomic E-state index is 3.58. The zero-order valence-corrected chi connectivity index (χ0v) is 7.71. The van der Waals surface area contributed by atoms with Gasteiger partial charge >= 0.3 is 0 Å². The lowest BCUT2D eigenvalue weighted by Gasteiger charge is -2.40. The van der Waals surface area contributed by atoms with Crippen molar-refractivity contribution in [2.24, 2.45) is 5.41 Å². The van der Waals surface area contributed by atoms with Crippen molar-refractivity contribution in [3.63, 3.8) is 0 Å². The zero-order chi connectivity index (χ0) is 6.74. The normalized spacial score (nSPS) is 23.3. The fraction of sp³-hybridized carbons (Fsp3) is 1.00. The van der Waals surface area contributed by atoms with Crippen molar-refractivity contribution in [1.82, 2.24) is 0 Å². The Kier molecular flexibility index (Phi) is 2.57. The molecule has 0 aromatic rings. The molecule has 1 aliphatic rings. The van der Waals surface area contributed by atoms with Crippen molar-refractivity contribution in [2.75, 3.05) is 5.33 Å².